The minimum Gasteiger partial charge on any atom is -0.322 e. The van der Waals surface area contributed by atoms with E-state index in [-0.39, 0.29) is 10.8 Å². The summed E-state index contributed by atoms with van der Waals surface area (Å²) in [7, 11) is -3.53. The third kappa shape index (κ3) is 1.00. The van der Waals surface area contributed by atoms with Crippen molar-refractivity contribution in [1.29, 1.82) is 0 Å². The van der Waals surface area contributed by atoms with Gasteiger partial charge in [0.2, 0.25) is 5.95 Å². The second kappa shape index (κ2) is 2.57. The van der Waals surface area contributed by atoms with E-state index >= 15 is 0 Å². The number of nitrogens with zero attached hydrogens (tertiary/aromatic N) is 3. The Labute approximate surface area is 85.6 Å². The molecule has 1 aromatic heterocycles. The largest absolute Gasteiger partial charge is 0.322 e. The van der Waals surface area contributed by atoms with Gasteiger partial charge in [-0.2, -0.15) is 3.97 Å². The summed E-state index contributed by atoms with van der Waals surface area (Å²) in [5, 5.41) is 10.1. The van der Waals surface area contributed by atoms with Crippen molar-refractivity contribution < 1.29 is 8.42 Å². The van der Waals surface area contributed by atoms with Crippen LogP contribution in [0.3, 0.4) is 0 Å². The predicted molar refractivity (Wildman–Crippen MR) is 52.3 cm³/mol. The van der Waals surface area contributed by atoms with Crippen LogP contribution in [0, 0.1) is 0 Å². The van der Waals surface area contributed by atoms with Crippen molar-refractivity contribution >= 4 is 21.7 Å². The minimum absolute atomic E-state index is 0.216. The minimum atomic E-state index is -3.53. The van der Waals surface area contributed by atoms with Crippen molar-refractivity contribution in [2.45, 2.75) is 4.90 Å². The van der Waals surface area contributed by atoms with Gasteiger partial charge in [0.25, 0.3) is 10.0 Å². The maximum atomic E-state index is 12.0. The van der Waals surface area contributed by atoms with Crippen LogP contribution in [0.5, 0.6) is 0 Å². The summed E-state index contributed by atoms with van der Waals surface area (Å²) >= 11 is 0. The van der Waals surface area contributed by atoms with Crippen LogP contribution in [0.25, 0.3) is 0 Å². The molecule has 0 fully saturated rings. The van der Waals surface area contributed by atoms with Crippen LogP contribution in [0.4, 0.5) is 11.6 Å². The second-order valence-corrected chi connectivity index (χ2v) is 4.86. The monoisotopic (exact) mass is 222 g/mol. The van der Waals surface area contributed by atoms with Gasteiger partial charge >= 0.3 is 0 Å². The fourth-order valence-electron chi connectivity index (χ4n) is 1.50. The van der Waals surface area contributed by atoms with Gasteiger partial charge in [-0.15, -0.1) is 10.2 Å². The molecule has 76 valence electrons. The lowest BCUT2D eigenvalue weighted by Crippen LogP contribution is -2.20. The van der Waals surface area contributed by atoms with E-state index in [4.69, 9.17) is 0 Å². The average molecular weight is 222 g/mol. The second-order valence-electron chi connectivity index (χ2n) is 3.08. The molecule has 3 rings (SSSR count). The molecule has 1 aliphatic heterocycles. The highest BCUT2D eigenvalue weighted by Crippen LogP contribution is 2.31. The zero-order valence-corrected chi connectivity index (χ0v) is 8.27. The molecule has 0 amide bonds. The average Bonchev–Trinajstić information content (AvgIpc) is 2.67. The first-order chi connectivity index (χ1) is 7.19. The summed E-state index contributed by atoms with van der Waals surface area (Å²) in [6.07, 6.45) is 1.17. The third-order valence-electron chi connectivity index (χ3n) is 2.19. The SMILES string of the molecule is O=S1(=O)c2ccccc2Nc2nncn21. The van der Waals surface area contributed by atoms with Crippen LogP contribution in [0.2, 0.25) is 0 Å². The van der Waals surface area contributed by atoms with E-state index in [0.717, 1.165) is 3.97 Å². The Balaban J connectivity index is 2.39. The molecule has 6 nitrogen and oxygen atoms in total. The van der Waals surface area contributed by atoms with E-state index in [9.17, 15) is 8.42 Å². The maximum absolute atomic E-state index is 12.0. The van der Waals surface area contributed by atoms with E-state index in [1.807, 2.05) is 0 Å². The molecule has 1 N–H and O–H groups in total. The lowest BCUT2D eigenvalue weighted by Gasteiger charge is -2.18. The zero-order chi connectivity index (χ0) is 10.5. The van der Waals surface area contributed by atoms with Crippen LogP contribution in [0.15, 0.2) is 35.5 Å². The van der Waals surface area contributed by atoms with Crippen molar-refractivity contribution in [2.75, 3.05) is 5.32 Å². The summed E-state index contributed by atoms with van der Waals surface area (Å²) in [6.45, 7) is 0. The number of para-hydroxylation sites is 1. The Morgan fingerprint density at radius 3 is 2.93 bits per heavy atom. The molecule has 0 radical (unpaired) electrons. The molecule has 0 unspecified atom stereocenters. The molecule has 15 heavy (non-hydrogen) atoms. The highest BCUT2D eigenvalue weighted by atomic mass is 32.2. The standard InChI is InChI=1S/C8H6N4O2S/c13-15(14)7-4-2-1-3-6(7)10-8-11-9-5-12(8)15/h1-5H,(H,10,11). The first-order valence-electron chi connectivity index (χ1n) is 4.21. The highest BCUT2D eigenvalue weighted by molar-refractivity contribution is 7.90. The van der Waals surface area contributed by atoms with Crippen LogP contribution in [-0.4, -0.2) is 22.6 Å². The predicted octanol–water partition coefficient (Wildman–Crippen LogP) is 0.572. The number of rotatable bonds is 0. The van der Waals surface area contributed by atoms with Crippen LogP contribution in [-0.2, 0) is 10.0 Å². The fraction of sp³-hybridized carbons (Fsp3) is 0. The number of nitrogens with one attached hydrogen (secondary N) is 1. The third-order valence-corrected chi connectivity index (χ3v) is 3.89. The Morgan fingerprint density at radius 2 is 2.07 bits per heavy atom. The van der Waals surface area contributed by atoms with Crippen molar-refractivity contribution in [3.63, 3.8) is 0 Å². The van der Waals surface area contributed by atoms with E-state index in [2.05, 4.69) is 15.5 Å². The lowest BCUT2D eigenvalue weighted by atomic mass is 10.3. The molecule has 0 bridgehead atoms. The van der Waals surface area contributed by atoms with Crippen molar-refractivity contribution in [3.8, 4) is 0 Å². The first-order valence-corrected chi connectivity index (χ1v) is 5.65. The lowest BCUT2D eigenvalue weighted by molar-refractivity contribution is 0.586. The number of hydrogen-bond donors (Lipinski definition) is 1. The number of hydrogen-bond acceptors (Lipinski definition) is 5. The van der Waals surface area contributed by atoms with E-state index in [1.165, 1.54) is 6.33 Å². The molecule has 7 heteroatoms. The molecular formula is C8H6N4O2S. The number of fused-ring (bicyclic) bond motifs is 2. The Morgan fingerprint density at radius 1 is 1.27 bits per heavy atom. The Bertz CT molecular complexity index is 632. The molecule has 1 aliphatic rings. The number of aromatic nitrogens is 3. The Kier molecular flexibility index (Phi) is 1.44. The molecule has 0 saturated carbocycles. The zero-order valence-electron chi connectivity index (χ0n) is 7.45. The number of anilines is 2. The molecule has 0 atom stereocenters. The topological polar surface area (TPSA) is 76.9 Å². The van der Waals surface area contributed by atoms with Gasteiger partial charge in [-0.3, -0.25) is 0 Å². The highest BCUT2D eigenvalue weighted by Gasteiger charge is 2.28. The maximum Gasteiger partial charge on any atom is 0.273 e. The summed E-state index contributed by atoms with van der Waals surface area (Å²) in [4.78, 5) is 0.234. The number of benzene rings is 1. The van der Waals surface area contributed by atoms with E-state index in [1.54, 1.807) is 24.3 Å². The van der Waals surface area contributed by atoms with Crippen molar-refractivity contribution in [1.82, 2.24) is 14.2 Å². The molecule has 0 aliphatic carbocycles. The van der Waals surface area contributed by atoms with Gasteiger partial charge in [-0.05, 0) is 12.1 Å². The smallest absolute Gasteiger partial charge is 0.273 e. The summed E-state index contributed by atoms with van der Waals surface area (Å²) in [5.41, 5.74) is 0.526. The Hall–Kier alpha value is -1.89. The van der Waals surface area contributed by atoms with Crippen LogP contribution < -0.4 is 5.32 Å². The molecule has 2 aromatic rings. The molecule has 0 saturated heterocycles. The van der Waals surface area contributed by atoms with Gasteiger partial charge in [-0.25, -0.2) is 8.42 Å². The molecule has 0 spiro atoms. The molecule has 1 aromatic carbocycles. The van der Waals surface area contributed by atoms with E-state index in [0.29, 0.717) is 5.69 Å². The van der Waals surface area contributed by atoms with Gasteiger partial charge in [-0.1, -0.05) is 12.1 Å². The van der Waals surface area contributed by atoms with Gasteiger partial charge in [0, 0.05) is 0 Å². The van der Waals surface area contributed by atoms with Crippen LogP contribution in [0.1, 0.15) is 0 Å². The first kappa shape index (κ1) is 8.42. The van der Waals surface area contributed by atoms with Crippen molar-refractivity contribution in [2.24, 2.45) is 0 Å². The normalized spacial score (nSPS) is 16.3. The van der Waals surface area contributed by atoms with Crippen LogP contribution >= 0.6 is 0 Å². The molecular weight excluding hydrogens is 216 g/mol. The summed E-state index contributed by atoms with van der Waals surface area (Å²) in [5.74, 6) is 0.216. The van der Waals surface area contributed by atoms with E-state index < -0.39 is 10.0 Å². The van der Waals surface area contributed by atoms with Gasteiger partial charge in [0.05, 0.1) is 5.69 Å². The summed E-state index contributed by atoms with van der Waals surface area (Å²) < 4.78 is 25.0. The van der Waals surface area contributed by atoms with Gasteiger partial charge in [0.15, 0.2) is 0 Å². The van der Waals surface area contributed by atoms with Gasteiger partial charge < -0.3 is 5.32 Å². The quantitative estimate of drug-likeness (QED) is 0.601. The summed E-state index contributed by atoms with van der Waals surface area (Å²) in [6, 6.07) is 6.66. The molecule has 2 heterocycles. The van der Waals surface area contributed by atoms with Crippen molar-refractivity contribution in [3.05, 3.63) is 30.6 Å². The fourth-order valence-corrected chi connectivity index (χ4v) is 2.84. The van der Waals surface area contributed by atoms with Gasteiger partial charge in [0.1, 0.15) is 11.2 Å².